The van der Waals surface area contributed by atoms with Crippen LogP contribution in [0.2, 0.25) is 0 Å². The summed E-state index contributed by atoms with van der Waals surface area (Å²) in [6.07, 6.45) is 2.56. The van der Waals surface area contributed by atoms with Crippen molar-refractivity contribution < 1.29 is 13.5 Å². The molecule has 4 N–H and O–H groups in total. The highest BCUT2D eigenvalue weighted by Crippen LogP contribution is 2.48. The van der Waals surface area contributed by atoms with E-state index in [1.54, 1.807) is 18.2 Å². The zero-order valence-corrected chi connectivity index (χ0v) is 10.9. The van der Waals surface area contributed by atoms with Gasteiger partial charge in [0.2, 0.25) is 10.0 Å². The van der Waals surface area contributed by atoms with Crippen LogP contribution in [0.3, 0.4) is 0 Å². The van der Waals surface area contributed by atoms with E-state index in [0.717, 1.165) is 12.8 Å². The molecule has 0 bridgehead atoms. The summed E-state index contributed by atoms with van der Waals surface area (Å²) in [6.45, 7) is 0.458. The van der Waals surface area contributed by atoms with Crippen LogP contribution in [0.1, 0.15) is 19.3 Å². The van der Waals surface area contributed by atoms with E-state index in [9.17, 15) is 8.42 Å². The van der Waals surface area contributed by atoms with E-state index in [1.807, 2.05) is 0 Å². The van der Waals surface area contributed by atoms with Crippen LogP contribution in [0.5, 0.6) is 0 Å². The Bertz CT molecular complexity index is 524. The number of nitrogens with one attached hydrogen (secondary N) is 1. The molecule has 0 saturated heterocycles. The zero-order chi connectivity index (χ0) is 13.2. The van der Waals surface area contributed by atoms with Crippen molar-refractivity contribution >= 4 is 15.7 Å². The van der Waals surface area contributed by atoms with E-state index >= 15 is 0 Å². The smallest absolute Gasteiger partial charge is 0.242 e. The van der Waals surface area contributed by atoms with Gasteiger partial charge in [-0.2, -0.15) is 0 Å². The predicted octanol–water partition coefficient (Wildman–Crippen LogP) is 0.710. The predicted molar refractivity (Wildman–Crippen MR) is 69.4 cm³/mol. The fourth-order valence-electron chi connectivity index (χ4n) is 1.98. The third kappa shape index (κ3) is 2.82. The molecule has 0 aromatic heterocycles. The van der Waals surface area contributed by atoms with Crippen LogP contribution >= 0.6 is 0 Å². The standard InChI is InChI=1S/C12H18N2O3S/c13-10-3-1-2-4-11(10)18(16,17)14-9-12(5-6-12)7-8-15/h1-4,14-15H,5-9,13H2. The first-order valence-electron chi connectivity index (χ1n) is 5.94. The number of nitrogen functional groups attached to an aromatic ring is 1. The second-order valence-electron chi connectivity index (χ2n) is 4.84. The summed E-state index contributed by atoms with van der Waals surface area (Å²) < 4.78 is 26.7. The zero-order valence-electron chi connectivity index (χ0n) is 10.1. The number of nitrogens with two attached hydrogens (primary N) is 1. The second kappa shape index (κ2) is 4.87. The van der Waals surface area contributed by atoms with Gasteiger partial charge in [0.15, 0.2) is 0 Å². The van der Waals surface area contributed by atoms with E-state index in [1.165, 1.54) is 6.07 Å². The van der Waals surface area contributed by atoms with E-state index in [4.69, 9.17) is 10.8 Å². The average Bonchev–Trinajstić information content (AvgIpc) is 3.08. The van der Waals surface area contributed by atoms with Gasteiger partial charge >= 0.3 is 0 Å². The molecule has 0 aliphatic heterocycles. The molecule has 1 saturated carbocycles. The van der Waals surface area contributed by atoms with Gasteiger partial charge in [0.05, 0.1) is 5.69 Å². The summed E-state index contributed by atoms with van der Waals surface area (Å²) in [4.78, 5) is 0.116. The van der Waals surface area contributed by atoms with E-state index in [-0.39, 0.29) is 22.6 Å². The Kier molecular flexibility index (Phi) is 3.61. The van der Waals surface area contributed by atoms with Gasteiger partial charge in [-0.1, -0.05) is 12.1 Å². The summed E-state index contributed by atoms with van der Waals surface area (Å²) in [6, 6.07) is 6.40. The van der Waals surface area contributed by atoms with Gasteiger partial charge in [0.25, 0.3) is 0 Å². The summed E-state index contributed by atoms with van der Waals surface area (Å²) >= 11 is 0. The van der Waals surface area contributed by atoms with Gasteiger partial charge in [-0.25, -0.2) is 13.1 Å². The lowest BCUT2D eigenvalue weighted by molar-refractivity contribution is 0.249. The minimum Gasteiger partial charge on any atom is -0.398 e. The fraction of sp³-hybridized carbons (Fsp3) is 0.500. The molecule has 1 fully saturated rings. The molecule has 0 unspecified atom stereocenters. The third-order valence-corrected chi connectivity index (χ3v) is 4.92. The van der Waals surface area contributed by atoms with Gasteiger partial charge in [-0.3, -0.25) is 0 Å². The molecule has 6 heteroatoms. The number of aliphatic hydroxyl groups excluding tert-OH is 1. The molecular formula is C12H18N2O3S. The molecule has 2 rings (SSSR count). The summed E-state index contributed by atoms with van der Waals surface area (Å²) in [5.74, 6) is 0. The molecule has 1 aromatic carbocycles. The van der Waals surface area contributed by atoms with Crippen molar-refractivity contribution in [2.24, 2.45) is 5.41 Å². The maximum atomic E-state index is 12.1. The number of anilines is 1. The number of hydrogen-bond donors (Lipinski definition) is 3. The monoisotopic (exact) mass is 270 g/mol. The molecular weight excluding hydrogens is 252 g/mol. The van der Waals surface area contributed by atoms with Crippen molar-refractivity contribution in [1.29, 1.82) is 0 Å². The highest BCUT2D eigenvalue weighted by atomic mass is 32.2. The summed E-state index contributed by atoms with van der Waals surface area (Å²) in [5, 5.41) is 8.94. The Balaban J connectivity index is 2.07. The number of sulfonamides is 1. The van der Waals surface area contributed by atoms with E-state index < -0.39 is 10.0 Å². The molecule has 0 spiro atoms. The first-order chi connectivity index (χ1) is 8.49. The normalized spacial score (nSPS) is 17.6. The topological polar surface area (TPSA) is 92.4 Å². The van der Waals surface area contributed by atoms with Crippen molar-refractivity contribution in [3.63, 3.8) is 0 Å². The van der Waals surface area contributed by atoms with E-state index in [2.05, 4.69) is 4.72 Å². The lowest BCUT2D eigenvalue weighted by Gasteiger charge is -2.15. The Labute approximate surface area is 107 Å². The van der Waals surface area contributed by atoms with Crippen LogP contribution in [0.15, 0.2) is 29.2 Å². The second-order valence-corrected chi connectivity index (χ2v) is 6.57. The number of benzene rings is 1. The van der Waals surface area contributed by atoms with Crippen molar-refractivity contribution in [3.05, 3.63) is 24.3 Å². The Morgan fingerprint density at radius 2 is 2.00 bits per heavy atom. The molecule has 18 heavy (non-hydrogen) atoms. The molecule has 0 atom stereocenters. The van der Waals surface area contributed by atoms with Crippen LogP contribution in [0.25, 0.3) is 0 Å². The van der Waals surface area contributed by atoms with Gasteiger partial charge in [-0.15, -0.1) is 0 Å². The van der Waals surface area contributed by atoms with Crippen LogP contribution in [0.4, 0.5) is 5.69 Å². The van der Waals surface area contributed by atoms with Crippen molar-refractivity contribution in [2.45, 2.75) is 24.2 Å². The first kappa shape index (κ1) is 13.3. The Hall–Kier alpha value is -1.11. The lowest BCUT2D eigenvalue weighted by Crippen LogP contribution is -2.31. The quantitative estimate of drug-likeness (QED) is 0.664. The maximum Gasteiger partial charge on any atom is 0.242 e. The minimum atomic E-state index is -3.56. The van der Waals surface area contributed by atoms with Crippen LogP contribution < -0.4 is 10.5 Å². The molecule has 0 heterocycles. The maximum absolute atomic E-state index is 12.1. The largest absolute Gasteiger partial charge is 0.398 e. The van der Waals surface area contributed by atoms with Gasteiger partial charge in [-0.05, 0) is 36.8 Å². The molecule has 100 valence electrons. The van der Waals surface area contributed by atoms with Crippen molar-refractivity contribution in [1.82, 2.24) is 4.72 Å². The highest BCUT2D eigenvalue weighted by molar-refractivity contribution is 7.89. The lowest BCUT2D eigenvalue weighted by atomic mass is 10.0. The van der Waals surface area contributed by atoms with Gasteiger partial charge in [0.1, 0.15) is 4.90 Å². The minimum absolute atomic E-state index is 0.0502. The van der Waals surface area contributed by atoms with Crippen molar-refractivity contribution in [2.75, 3.05) is 18.9 Å². The van der Waals surface area contributed by atoms with E-state index in [0.29, 0.717) is 13.0 Å². The van der Waals surface area contributed by atoms with Crippen LogP contribution in [-0.2, 0) is 10.0 Å². The SMILES string of the molecule is Nc1ccccc1S(=O)(=O)NCC1(CCO)CC1. The van der Waals surface area contributed by atoms with Gasteiger partial charge in [0, 0.05) is 13.2 Å². The number of hydrogen-bond acceptors (Lipinski definition) is 4. The molecule has 1 aliphatic carbocycles. The van der Waals surface area contributed by atoms with Gasteiger partial charge < -0.3 is 10.8 Å². The summed E-state index contributed by atoms with van der Waals surface area (Å²) in [7, 11) is -3.56. The molecule has 5 nitrogen and oxygen atoms in total. The molecule has 0 radical (unpaired) electrons. The molecule has 0 amide bonds. The van der Waals surface area contributed by atoms with Crippen LogP contribution in [0, 0.1) is 5.41 Å². The number of rotatable bonds is 6. The average molecular weight is 270 g/mol. The summed E-state index contributed by atoms with van der Waals surface area (Å²) in [5.41, 5.74) is 5.86. The number of aliphatic hydroxyl groups is 1. The highest BCUT2D eigenvalue weighted by Gasteiger charge is 2.42. The number of para-hydroxylation sites is 1. The van der Waals surface area contributed by atoms with Crippen LogP contribution in [-0.4, -0.2) is 26.7 Å². The Morgan fingerprint density at radius 3 is 2.56 bits per heavy atom. The fourth-order valence-corrected chi connectivity index (χ4v) is 3.27. The first-order valence-corrected chi connectivity index (χ1v) is 7.42. The van der Waals surface area contributed by atoms with Crippen molar-refractivity contribution in [3.8, 4) is 0 Å². The Morgan fingerprint density at radius 1 is 1.33 bits per heavy atom. The molecule has 1 aromatic rings. The molecule has 1 aliphatic rings. The third-order valence-electron chi connectivity index (χ3n) is 3.44.